The number of nitrogens with zero attached hydrogens (tertiary/aromatic N) is 1. The van der Waals surface area contributed by atoms with Gasteiger partial charge in [-0.25, -0.2) is 0 Å². The molecule has 0 atom stereocenters. The van der Waals surface area contributed by atoms with Gasteiger partial charge in [0, 0.05) is 38.7 Å². The van der Waals surface area contributed by atoms with Gasteiger partial charge in [-0.2, -0.15) is 0 Å². The lowest BCUT2D eigenvalue weighted by Crippen LogP contribution is -2.14. The minimum absolute atomic E-state index is 0.0304. The highest BCUT2D eigenvalue weighted by molar-refractivity contribution is 4.93. The van der Waals surface area contributed by atoms with Crippen LogP contribution in [0.2, 0.25) is 0 Å². The van der Waals surface area contributed by atoms with Crippen LogP contribution in [0.1, 0.15) is 6.41 Å². The van der Waals surface area contributed by atoms with Crippen molar-refractivity contribution in [3.63, 3.8) is 0 Å². The molecular formula is C8H11NO3. The fourth-order valence-corrected chi connectivity index (χ4v) is 0.905. The Bertz CT molecular complexity index is 270. The molecule has 0 unspecified atom stereocenters. The van der Waals surface area contributed by atoms with Crippen LogP contribution in [0.15, 0.2) is 29.3 Å². The van der Waals surface area contributed by atoms with Crippen LogP contribution in [-0.2, 0) is 9.47 Å². The van der Waals surface area contributed by atoms with E-state index in [9.17, 15) is 4.79 Å². The van der Waals surface area contributed by atoms with E-state index >= 15 is 0 Å². The van der Waals surface area contributed by atoms with Gasteiger partial charge < -0.3 is 14.0 Å². The van der Waals surface area contributed by atoms with E-state index in [1.54, 1.807) is 17.0 Å². The minimum Gasteiger partial charge on any atom is -0.338 e. The van der Waals surface area contributed by atoms with Crippen molar-refractivity contribution in [2.45, 2.75) is 6.41 Å². The first kappa shape index (κ1) is 8.96. The molecule has 0 aliphatic rings. The van der Waals surface area contributed by atoms with Gasteiger partial charge in [-0.05, 0) is 0 Å². The summed E-state index contributed by atoms with van der Waals surface area (Å²) in [6.07, 6.45) is 2.76. The Balaban J connectivity index is 2.87. The maximum atomic E-state index is 10.7. The standard InChI is InChI=1S/C8H11NO3/c1-11-8(12-2)9-5-3-7(10)4-6-9/h3-6,8H,1-2H3. The normalized spacial score (nSPS) is 10.6. The van der Waals surface area contributed by atoms with Crippen LogP contribution in [0, 0.1) is 0 Å². The van der Waals surface area contributed by atoms with Gasteiger partial charge in [-0.3, -0.25) is 4.79 Å². The summed E-state index contributed by atoms with van der Waals surface area (Å²) in [6.45, 7) is 0. The van der Waals surface area contributed by atoms with Crippen LogP contribution in [-0.4, -0.2) is 18.8 Å². The number of ether oxygens (including phenoxy) is 2. The van der Waals surface area contributed by atoms with Crippen molar-refractivity contribution in [3.05, 3.63) is 34.7 Å². The molecule has 0 aromatic carbocycles. The van der Waals surface area contributed by atoms with Crippen LogP contribution in [0.25, 0.3) is 0 Å². The first-order chi connectivity index (χ1) is 5.77. The Hall–Kier alpha value is -1.13. The Morgan fingerprint density at radius 2 is 1.75 bits per heavy atom. The summed E-state index contributed by atoms with van der Waals surface area (Å²) in [5.74, 6) is 0. The summed E-state index contributed by atoms with van der Waals surface area (Å²) in [5.41, 5.74) is -0.0304. The number of hydrogen-bond acceptors (Lipinski definition) is 3. The first-order valence-corrected chi connectivity index (χ1v) is 3.51. The van der Waals surface area contributed by atoms with Crippen LogP contribution in [0.5, 0.6) is 0 Å². The molecule has 1 aromatic rings. The molecule has 66 valence electrons. The number of rotatable bonds is 3. The fourth-order valence-electron chi connectivity index (χ4n) is 0.905. The van der Waals surface area contributed by atoms with Crippen molar-refractivity contribution in [1.29, 1.82) is 0 Å². The van der Waals surface area contributed by atoms with Crippen molar-refractivity contribution in [2.24, 2.45) is 0 Å². The SMILES string of the molecule is COC(OC)n1ccc(=O)cc1. The van der Waals surface area contributed by atoms with Crippen molar-refractivity contribution in [3.8, 4) is 0 Å². The molecular weight excluding hydrogens is 158 g/mol. The van der Waals surface area contributed by atoms with Gasteiger partial charge in [0.2, 0.25) is 6.41 Å². The predicted octanol–water partition coefficient (Wildman–Crippen LogP) is 0.597. The van der Waals surface area contributed by atoms with Crippen molar-refractivity contribution in [1.82, 2.24) is 4.57 Å². The molecule has 0 amide bonds. The molecule has 12 heavy (non-hydrogen) atoms. The van der Waals surface area contributed by atoms with E-state index in [-0.39, 0.29) is 5.43 Å². The summed E-state index contributed by atoms with van der Waals surface area (Å²) in [7, 11) is 3.07. The monoisotopic (exact) mass is 169 g/mol. The molecule has 0 saturated carbocycles. The van der Waals surface area contributed by atoms with Gasteiger partial charge in [0.1, 0.15) is 0 Å². The van der Waals surface area contributed by atoms with Gasteiger partial charge in [0.25, 0.3) is 0 Å². The topological polar surface area (TPSA) is 40.5 Å². The van der Waals surface area contributed by atoms with Gasteiger partial charge in [0.05, 0.1) is 0 Å². The zero-order valence-corrected chi connectivity index (χ0v) is 7.06. The quantitative estimate of drug-likeness (QED) is 0.622. The van der Waals surface area contributed by atoms with Crippen LogP contribution < -0.4 is 5.43 Å². The van der Waals surface area contributed by atoms with Crippen molar-refractivity contribution >= 4 is 0 Å². The highest BCUT2D eigenvalue weighted by Crippen LogP contribution is 2.04. The van der Waals surface area contributed by atoms with E-state index in [2.05, 4.69) is 0 Å². The van der Waals surface area contributed by atoms with Gasteiger partial charge in [-0.1, -0.05) is 0 Å². The Labute approximate surface area is 70.3 Å². The molecule has 0 aliphatic carbocycles. The molecule has 1 aromatic heterocycles. The average Bonchev–Trinajstić information content (AvgIpc) is 2.10. The lowest BCUT2D eigenvalue weighted by Gasteiger charge is -2.15. The third-order valence-electron chi connectivity index (χ3n) is 1.47. The summed E-state index contributed by atoms with van der Waals surface area (Å²) in [4.78, 5) is 10.7. The van der Waals surface area contributed by atoms with Crippen molar-refractivity contribution < 1.29 is 9.47 Å². The van der Waals surface area contributed by atoms with E-state index in [1.165, 1.54) is 26.4 Å². The zero-order valence-electron chi connectivity index (χ0n) is 7.06. The minimum atomic E-state index is -0.467. The highest BCUT2D eigenvalue weighted by Gasteiger charge is 2.03. The molecule has 1 rings (SSSR count). The molecule has 1 heterocycles. The smallest absolute Gasteiger partial charge is 0.243 e. The lowest BCUT2D eigenvalue weighted by atomic mass is 10.5. The second-order valence-electron chi connectivity index (χ2n) is 2.26. The zero-order chi connectivity index (χ0) is 8.97. The molecule has 0 saturated heterocycles. The number of pyridine rings is 1. The van der Waals surface area contributed by atoms with E-state index in [0.29, 0.717) is 0 Å². The third-order valence-corrected chi connectivity index (χ3v) is 1.47. The Morgan fingerprint density at radius 1 is 1.25 bits per heavy atom. The van der Waals surface area contributed by atoms with Gasteiger partial charge >= 0.3 is 0 Å². The van der Waals surface area contributed by atoms with E-state index < -0.39 is 6.41 Å². The van der Waals surface area contributed by atoms with E-state index in [1.807, 2.05) is 0 Å². The van der Waals surface area contributed by atoms with Gasteiger partial charge in [0.15, 0.2) is 5.43 Å². The van der Waals surface area contributed by atoms with E-state index in [0.717, 1.165) is 0 Å². The summed E-state index contributed by atoms with van der Waals surface area (Å²) in [5, 5.41) is 0. The molecule has 0 aliphatic heterocycles. The summed E-state index contributed by atoms with van der Waals surface area (Å²) < 4.78 is 11.6. The third kappa shape index (κ3) is 1.93. The van der Waals surface area contributed by atoms with Crippen LogP contribution in [0.3, 0.4) is 0 Å². The first-order valence-electron chi connectivity index (χ1n) is 3.51. The second-order valence-corrected chi connectivity index (χ2v) is 2.26. The summed E-state index contributed by atoms with van der Waals surface area (Å²) >= 11 is 0. The predicted molar refractivity (Wildman–Crippen MR) is 43.8 cm³/mol. The maximum absolute atomic E-state index is 10.7. The number of methoxy groups -OCH3 is 2. The molecule has 0 bridgehead atoms. The van der Waals surface area contributed by atoms with E-state index in [4.69, 9.17) is 9.47 Å². The Morgan fingerprint density at radius 3 is 2.17 bits per heavy atom. The average molecular weight is 169 g/mol. The molecule has 4 heteroatoms. The molecule has 0 radical (unpaired) electrons. The van der Waals surface area contributed by atoms with Crippen molar-refractivity contribution in [2.75, 3.05) is 14.2 Å². The largest absolute Gasteiger partial charge is 0.338 e. The number of aromatic nitrogens is 1. The molecule has 4 nitrogen and oxygen atoms in total. The fraction of sp³-hybridized carbons (Fsp3) is 0.375. The highest BCUT2D eigenvalue weighted by atomic mass is 16.7. The molecule has 0 spiro atoms. The van der Waals surface area contributed by atoms with Crippen LogP contribution >= 0.6 is 0 Å². The molecule has 0 fully saturated rings. The lowest BCUT2D eigenvalue weighted by molar-refractivity contribution is -0.156. The van der Waals surface area contributed by atoms with Gasteiger partial charge in [-0.15, -0.1) is 0 Å². The Kier molecular flexibility index (Phi) is 3.01. The maximum Gasteiger partial charge on any atom is 0.243 e. The van der Waals surface area contributed by atoms with Crippen LogP contribution in [0.4, 0.5) is 0 Å². The molecule has 0 N–H and O–H groups in total. The summed E-state index contributed by atoms with van der Waals surface area (Å²) in [6, 6.07) is 2.90. The number of hydrogen-bond donors (Lipinski definition) is 0. The second kappa shape index (κ2) is 4.04.